The molecule has 0 heterocycles. The van der Waals surface area contributed by atoms with E-state index in [1.165, 1.54) is 0 Å². The molecule has 0 saturated carbocycles. The highest BCUT2D eigenvalue weighted by Crippen LogP contribution is 1.91. The van der Waals surface area contributed by atoms with Gasteiger partial charge < -0.3 is 5.21 Å². The van der Waals surface area contributed by atoms with E-state index in [0.29, 0.717) is 0 Å². The Bertz CT molecular complexity index is 77.8. The van der Waals surface area contributed by atoms with Gasteiger partial charge in [-0.05, 0) is 5.16 Å². The molecular formula is C4H8NO2. The van der Waals surface area contributed by atoms with Gasteiger partial charge >= 0.3 is 0 Å². The molecule has 1 radical (unpaired) electrons. The van der Waals surface area contributed by atoms with Crippen molar-refractivity contribution < 1.29 is 10.3 Å². The van der Waals surface area contributed by atoms with Crippen LogP contribution >= 0.6 is 0 Å². The first-order chi connectivity index (χ1) is 3.18. The summed E-state index contributed by atoms with van der Waals surface area (Å²) in [5.41, 5.74) is 0. The van der Waals surface area contributed by atoms with Crippen LogP contribution in [0.25, 0.3) is 0 Å². The summed E-state index contributed by atoms with van der Waals surface area (Å²) >= 11 is 0. The Morgan fingerprint density at radius 2 is 2.14 bits per heavy atom. The molecule has 0 bridgehead atoms. The van der Waals surface area contributed by atoms with E-state index in [2.05, 4.69) is 5.16 Å². The summed E-state index contributed by atoms with van der Waals surface area (Å²) in [6.07, 6.45) is 0. The van der Waals surface area contributed by atoms with Gasteiger partial charge in [0.2, 0.25) is 0 Å². The molecule has 0 aromatic rings. The van der Waals surface area contributed by atoms with Crippen molar-refractivity contribution in [2.24, 2.45) is 11.1 Å². The van der Waals surface area contributed by atoms with Crippen molar-refractivity contribution in [1.29, 1.82) is 0 Å². The van der Waals surface area contributed by atoms with Gasteiger partial charge in [0, 0.05) is 5.92 Å². The van der Waals surface area contributed by atoms with Crippen LogP contribution in [-0.2, 0) is 5.11 Å². The van der Waals surface area contributed by atoms with Crippen LogP contribution in [0.1, 0.15) is 13.8 Å². The first-order valence-electron chi connectivity index (χ1n) is 2.07. The van der Waals surface area contributed by atoms with Gasteiger partial charge in [-0.1, -0.05) is 13.8 Å². The van der Waals surface area contributed by atoms with Crippen LogP contribution in [0.5, 0.6) is 0 Å². The topological polar surface area (TPSA) is 52.5 Å². The van der Waals surface area contributed by atoms with Gasteiger partial charge in [-0.25, -0.2) is 0 Å². The van der Waals surface area contributed by atoms with E-state index in [4.69, 9.17) is 5.21 Å². The third-order valence-electron chi connectivity index (χ3n) is 0.592. The van der Waals surface area contributed by atoms with Gasteiger partial charge in [0.05, 0.1) is 0 Å². The molecule has 3 nitrogen and oxygen atoms in total. The Morgan fingerprint density at radius 3 is 2.14 bits per heavy atom. The number of nitrogens with zero attached hydrogens (tertiary/aromatic N) is 1. The first kappa shape index (κ1) is 6.27. The van der Waals surface area contributed by atoms with Crippen molar-refractivity contribution in [1.82, 2.24) is 0 Å². The Kier molecular flexibility index (Phi) is 2.19. The zero-order chi connectivity index (χ0) is 5.86. The number of hydrogen-bond acceptors (Lipinski definition) is 2. The molecule has 0 aliphatic rings. The molecule has 41 valence electrons. The lowest BCUT2D eigenvalue weighted by atomic mass is 10.2. The van der Waals surface area contributed by atoms with E-state index in [1.54, 1.807) is 13.8 Å². The minimum atomic E-state index is -0.472. The molecule has 0 amide bonds. The Labute approximate surface area is 42.3 Å². The molecule has 0 spiro atoms. The van der Waals surface area contributed by atoms with Gasteiger partial charge in [-0.15, -0.1) is 0 Å². The summed E-state index contributed by atoms with van der Waals surface area (Å²) < 4.78 is 0. The second-order valence-electron chi connectivity index (χ2n) is 1.59. The fourth-order valence-electron chi connectivity index (χ4n) is 0.115. The van der Waals surface area contributed by atoms with Crippen LogP contribution in [0.15, 0.2) is 5.16 Å². The average molecular weight is 102 g/mol. The summed E-state index contributed by atoms with van der Waals surface area (Å²) in [6.45, 7) is 3.34. The van der Waals surface area contributed by atoms with Crippen molar-refractivity contribution in [2.45, 2.75) is 13.8 Å². The smallest absolute Gasteiger partial charge is 0.283 e. The molecule has 0 aromatic carbocycles. The second kappa shape index (κ2) is 2.44. The molecule has 0 aromatic heterocycles. The lowest BCUT2D eigenvalue weighted by molar-refractivity contribution is 0.275. The van der Waals surface area contributed by atoms with Crippen LogP contribution < -0.4 is 0 Å². The largest absolute Gasteiger partial charge is 0.408 e. The number of oxime groups is 1. The average Bonchev–Trinajstić information content (AvgIpc) is 1.65. The maximum atomic E-state index is 10.1. The maximum Gasteiger partial charge on any atom is 0.283 e. The third-order valence-corrected chi connectivity index (χ3v) is 0.592. The van der Waals surface area contributed by atoms with Crippen molar-refractivity contribution in [3.8, 4) is 0 Å². The van der Waals surface area contributed by atoms with E-state index in [9.17, 15) is 5.11 Å². The number of rotatable bonds is 1. The molecule has 3 heteroatoms. The van der Waals surface area contributed by atoms with Crippen molar-refractivity contribution in [3.05, 3.63) is 0 Å². The molecule has 0 atom stereocenters. The standard InChI is InChI=1S/C4H8NO2/c1-3(2)4(6)5-7/h3,7H,1-2H3/b5-4+. The van der Waals surface area contributed by atoms with Gasteiger partial charge in [-0.2, -0.15) is 0 Å². The lowest BCUT2D eigenvalue weighted by Gasteiger charge is -1.90. The summed E-state index contributed by atoms with van der Waals surface area (Å²) in [4.78, 5) is 0. The Morgan fingerprint density at radius 1 is 1.71 bits per heavy atom. The van der Waals surface area contributed by atoms with Crippen molar-refractivity contribution in [3.63, 3.8) is 0 Å². The molecule has 0 aliphatic carbocycles. The van der Waals surface area contributed by atoms with Gasteiger partial charge in [0.25, 0.3) is 5.90 Å². The summed E-state index contributed by atoms with van der Waals surface area (Å²) in [6, 6.07) is 0. The second-order valence-corrected chi connectivity index (χ2v) is 1.59. The van der Waals surface area contributed by atoms with E-state index >= 15 is 0 Å². The van der Waals surface area contributed by atoms with E-state index in [0.717, 1.165) is 0 Å². The molecule has 0 unspecified atom stereocenters. The third kappa shape index (κ3) is 2.03. The van der Waals surface area contributed by atoms with Crippen LogP contribution in [0.3, 0.4) is 0 Å². The molecule has 7 heavy (non-hydrogen) atoms. The zero-order valence-corrected chi connectivity index (χ0v) is 4.38. The van der Waals surface area contributed by atoms with E-state index in [1.807, 2.05) is 0 Å². The monoisotopic (exact) mass is 102 g/mol. The highest BCUT2D eigenvalue weighted by molar-refractivity contribution is 5.74. The van der Waals surface area contributed by atoms with Crippen LogP contribution in [0, 0.1) is 5.92 Å². The molecule has 0 aliphatic heterocycles. The summed E-state index contributed by atoms with van der Waals surface area (Å²) in [5.74, 6) is -0.662. The van der Waals surface area contributed by atoms with Crippen LogP contribution in [0.4, 0.5) is 0 Å². The molecule has 0 rings (SSSR count). The SMILES string of the molecule is CC(C)/C([O])=N\O. The zero-order valence-electron chi connectivity index (χ0n) is 4.38. The molecular weight excluding hydrogens is 94.0 g/mol. The number of hydrogen-bond donors (Lipinski definition) is 1. The highest BCUT2D eigenvalue weighted by atomic mass is 16.5. The maximum absolute atomic E-state index is 10.1. The van der Waals surface area contributed by atoms with E-state index in [-0.39, 0.29) is 5.92 Å². The van der Waals surface area contributed by atoms with Gasteiger partial charge in [0.1, 0.15) is 0 Å². The predicted molar refractivity (Wildman–Crippen MR) is 24.7 cm³/mol. The molecule has 0 saturated heterocycles. The molecule has 0 fully saturated rings. The summed E-state index contributed by atoms with van der Waals surface area (Å²) in [7, 11) is 0. The Hall–Kier alpha value is -0.730. The first-order valence-corrected chi connectivity index (χ1v) is 2.07. The normalized spacial score (nSPS) is 12.7. The van der Waals surface area contributed by atoms with Crippen molar-refractivity contribution in [2.75, 3.05) is 0 Å². The minimum absolute atomic E-state index is 0.190. The van der Waals surface area contributed by atoms with Gasteiger partial charge in [0.15, 0.2) is 0 Å². The quantitative estimate of drug-likeness (QED) is 0.227. The minimum Gasteiger partial charge on any atom is -0.408 e. The highest BCUT2D eigenvalue weighted by Gasteiger charge is 2.02. The predicted octanol–water partition coefficient (Wildman–Crippen LogP) is 0.861. The fraction of sp³-hybridized carbons (Fsp3) is 0.750. The Balaban J connectivity index is 3.56. The summed E-state index contributed by atoms with van der Waals surface area (Å²) in [5, 5.41) is 20.3. The van der Waals surface area contributed by atoms with Crippen molar-refractivity contribution >= 4 is 5.90 Å². The molecule has 1 N–H and O–H groups in total. The van der Waals surface area contributed by atoms with Crippen LogP contribution in [-0.4, -0.2) is 11.1 Å². The van der Waals surface area contributed by atoms with Gasteiger partial charge in [-0.3, -0.25) is 5.11 Å². The van der Waals surface area contributed by atoms with E-state index < -0.39 is 5.90 Å². The lowest BCUT2D eigenvalue weighted by Crippen LogP contribution is -2.02. The fourth-order valence-corrected chi connectivity index (χ4v) is 0.115. The van der Waals surface area contributed by atoms with Crippen LogP contribution in [0.2, 0.25) is 0 Å².